The molecule has 35 heavy (non-hydrogen) atoms. The zero-order valence-electron chi connectivity index (χ0n) is 19.4. The van der Waals surface area contributed by atoms with Crippen LogP contribution in [0, 0.1) is 6.92 Å². The number of nitrogens with one attached hydrogen (secondary N) is 2. The van der Waals surface area contributed by atoms with Gasteiger partial charge in [-0.2, -0.15) is 0 Å². The van der Waals surface area contributed by atoms with Gasteiger partial charge in [0, 0.05) is 18.1 Å². The number of hydrogen-bond donors (Lipinski definition) is 3. The number of hydrogen-bond acceptors (Lipinski definition) is 7. The molecule has 3 aromatic rings. The lowest BCUT2D eigenvalue weighted by Crippen LogP contribution is -2.31. The number of fused-ring (bicyclic) bond motifs is 1. The summed E-state index contributed by atoms with van der Waals surface area (Å²) in [4.78, 5) is 44.2. The van der Waals surface area contributed by atoms with Gasteiger partial charge in [0.05, 0.1) is 12.2 Å². The predicted octanol–water partition coefficient (Wildman–Crippen LogP) is 3.11. The number of ether oxygens (including phenoxy) is 2. The highest BCUT2D eigenvalue weighted by Gasteiger charge is 2.31. The van der Waals surface area contributed by atoms with E-state index in [0.717, 1.165) is 11.1 Å². The Bertz CT molecular complexity index is 1320. The van der Waals surface area contributed by atoms with Gasteiger partial charge in [0.25, 0.3) is 11.5 Å². The molecule has 2 amide bonds. The summed E-state index contributed by atoms with van der Waals surface area (Å²) in [7, 11) is 0. The molecule has 2 aromatic carbocycles. The first kappa shape index (κ1) is 24.3. The van der Waals surface area contributed by atoms with E-state index in [-0.39, 0.29) is 30.3 Å². The van der Waals surface area contributed by atoms with Gasteiger partial charge in [-0.1, -0.05) is 42.1 Å². The van der Waals surface area contributed by atoms with Crippen LogP contribution in [0.3, 0.4) is 0 Å². The summed E-state index contributed by atoms with van der Waals surface area (Å²) in [5.74, 6) is 0.282. The van der Waals surface area contributed by atoms with E-state index in [0.29, 0.717) is 40.1 Å². The van der Waals surface area contributed by atoms with E-state index in [1.807, 2.05) is 38.1 Å². The molecule has 0 saturated carbocycles. The van der Waals surface area contributed by atoms with E-state index < -0.39 is 11.8 Å². The van der Waals surface area contributed by atoms with Crippen molar-refractivity contribution in [2.24, 2.45) is 5.73 Å². The maximum absolute atomic E-state index is 13.1. The zero-order valence-corrected chi connectivity index (χ0v) is 20.2. The van der Waals surface area contributed by atoms with Crippen LogP contribution in [0.4, 0.5) is 5.82 Å². The number of nitrogens with two attached hydrogens (primary N) is 1. The summed E-state index contributed by atoms with van der Waals surface area (Å²) in [5.41, 5.74) is 8.25. The van der Waals surface area contributed by atoms with Gasteiger partial charge in [0.2, 0.25) is 5.91 Å². The Morgan fingerprint density at radius 1 is 1.17 bits per heavy atom. The molecule has 182 valence electrons. The quantitative estimate of drug-likeness (QED) is 0.307. The molecule has 9 nitrogen and oxygen atoms in total. The predicted molar refractivity (Wildman–Crippen MR) is 133 cm³/mol. The second-order valence-corrected chi connectivity index (χ2v) is 9.01. The third kappa shape index (κ3) is 5.65. The first-order valence-corrected chi connectivity index (χ1v) is 12.1. The van der Waals surface area contributed by atoms with E-state index in [1.54, 1.807) is 18.2 Å². The van der Waals surface area contributed by atoms with Gasteiger partial charge in [0.1, 0.15) is 5.82 Å². The number of carbonyl (C=O) groups is 2. The van der Waals surface area contributed by atoms with Crippen molar-refractivity contribution in [3.05, 3.63) is 75.1 Å². The van der Waals surface area contributed by atoms with E-state index in [2.05, 4.69) is 15.3 Å². The van der Waals surface area contributed by atoms with Gasteiger partial charge >= 0.3 is 0 Å². The van der Waals surface area contributed by atoms with Crippen molar-refractivity contribution >= 4 is 29.4 Å². The molecule has 1 aromatic heterocycles. The van der Waals surface area contributed by atoms with Gasteiger partial charge in [0.15, 0.2) is 23.3 Å². The largest absolute Gasteiger partial charge is 0.490 e. The molecule has 0 aliphatic carbocycles. The minimum atomic E-state index is -0.608. The van der Waals surface area contributed by atoms with E-state index in [9.17, 15) is 14.4 Å². The molecule has 0 spiro atoms. The monoisotopic (exact) mass is 494 g/mol. The fraction of sp³-hybridized carbons (Fsp3) is 0.280. The SMILES string of the molecule is CCOc1cc([C@@H]2CC(=O)Nc3nc(SCc4ccccc4C)[nH]c(=O)c32)ccc1OCC(N)=O. The number of amides is 2. The van der Waals surface area contributed by atoms with Crippen LogP contribution in [0.1, 0.15) is 41.5 Å². The van der Waals surface area contributed by atoms with Gasteiger partial charge in [-0.25, -0.2) is 4.98 Å². The zero-order chi connectivity index (χ0) is 24.9. The Kier molecular flexibility index (Phi) is 7.40. The van der Waals surface area contributed by atoms with Crippen molar-refractivity contribution in [1.82, 2.24) is 9.97 Å². The maximum Gasteiger partial charge on any atom is 0.257 e. The van der Waals surface area contributed by atoms with Gasteiger partial charge < -0.3 is 25.5 Å². The number of thioether (sulfide) groups is 1. The number of aryl methyl sites for hydroxylation is 1. The first-order chi connectivity index (χ1) is 16.9. The van der Waals surface area contributed by atoms with Gasteiger partial charge in [-0.3, -0.25) is 14.4 Å². The lowest BCUT2D eigenvalue weighted by atomic mass is 9.86. The molecule has 1 aliphatic heterocycles. The van der Waals surface area contributed by atoms with Crippen molar-refractivity contribution in [2.75, 3.05) is 18.5 Å². The van der Waals surface area contributed by atoms with Crippen LogP contribution < -0.4 is 26.1 Å². The Morgan fingerprint density at radius 3 is 2.71 bits per heavy atom. The van der Waals surface area contributed by atoms with Crippen molar-refractivity contribution in [3.8, 4) is 11.5 Å². The molecule has 0 unspecified atom stereocenters. The topological polar surface area (TPSA) is 136 Å². The van der Waals surface area contributed by atoms with Crippen LogP contribution in [0.15, 0.2) is 52.4 Å². The molecule has 4 N–H and O–H groups in total. The van der Waals surface area contributed by atoms with Crippen LogP contribution in [-0.2, 0) is 15.3 Å². The standard InChI is InChI=1S/C25H26N4O5S/c1-3-33-19-10-15(8-9-18(19)34-12-20(26)30)17-11-21(31)27-23-22(17)24(32)29-25(28-23)35-13-16-7-5-4-6-14(16)2/h4-10,17H,3,11-13H2,1-2H3,(H2,26,30)(H2,27,28,29,31,32)/t17-/m0/s1. The number of aromatic amines is 1. The molecule has 2 heterocycles. The first-order valence-electron chi connectivity index (χ1n) is 11.1. The van der Waals surface area contributed by atoms with E-state index in [4.69, 9.17) is 15.2 Å². The summed E-state index contributed by atoms with van der Waals surface area (Å²) in [6.45, 7) is 3.92. The average molecular weight is 495 g/mol. The van der Waals surface area contributed by atoms with Crippen LogP contribution in [0.2, 0.25) is 0 Å². The number of aromatic nitrogens is 2. The minimum Gasteiger partial charge on any atom is -0.490 e. The highest BCUT2D eigenvalue weighted by Crippen LogP contribution is 2.38. The maximum atomic E-state index is 13.1. The molecule has 0 saturated heterocycles. The fourth-order valence-corrected chi connectivity index (χ4v) is 4.84. The molecule has 0 radical (unpaired) electrons. The van der Waals surface area contributed by atoms with E-state index in [1.165, 1.54) is 11.8 Å². The molecular weight excluding hydrogens is 468 g/mol. The normalized spacial score (nSPS) is 14.7. The summed E-state index contributed by atoms with van der Waals surface area (Å²) >= 11 is 1.40. The highest BCUT2D eigenvalue weighted by molar-refractivity contribution is 7.98. The molecule has 1 aliphatic rings. The molecule has 0 fully saturated rings. The van der Waals surface area contributed by atoms with E-state index >= 15 is 0 Å². The Labute approximate surface area is 206 Å². The molecule has 1 atom stereocenters. The average Bonchev–Trinajstić information content (AvgIpc) is 2.82. The number of anilines is 1. The summed E-state index contributed by atoms with van der Waals surface area (Å²) in [6.07, 6.45) is 0.0838. The molecular formula is C25H26N4O5S. The number of rotatable bonds is 9. The smallest absolute Gasteiger partial charge is 0.257 e. The fourth-order valence-electron chi connectivity index (χ4n) is 3.90. The second kappa shape index (κ2) is 10.6. The second-order valence-electron chi connectivity index (χ2n) is 8.05. The highest BCUT2D eigenvalue weighted by atomic mass is 32.2. The Morgan fingerprint density at radius 2 is 1.97 bits per heavy atom. The van der Waals surface area contributed by atoms with Crippen molar-refractivity contribution in [2.45, 2.75) is 37.1 Å². The Balaban J connectivity index is 1.64. The third-order valence-corrected chi connectivity index (χ3v) is 6.52. The third-order valence-electron chi connectivity index (χ3n) is 5.59. The summed E-state index contributed by atoms with van der Waals surface area (Å²) in [6, 6.07) is 13.1. The van der Waals surface area contributed by atoms with Crippen LogP contribution in [-0.4, -0.2) is 35.0 Å². The van der Waals surface area contributed by atoms with Crippen molar-refractivity contribution in [3.63, 3.8) is 0 Å². The molecule has 10 heteroatoms. The van der Waals surface area contributed by atoms with Crippen LogP contribution in [0.5, 0.6) is 11.5 Å². The minimum absolute atomic E-state index is 0.0838. The van der Waals surface area contributed by atoms with Crippen LogP contribution >= 0.6 is 11.8 Å². The number of benzene rings is 2. The molecule has 0 bridgehead atoms. The number of nitrogens with zero attached hydrogens (tertiary/aromatic N) is 1. The number of carbonyl (C=O) groups excluding carboxylic acids is 2. The number of H-pyrrole nitrogens is 1. The Hall–Kier alpha value is -3.79. The molecule has 4 rings (SSSR count). The summed E-state index contributed by atoms with van der Waals surface area (Å²) < 4.78 is 11.1. The lowest BCUT2D eigenvalue weighted by molar-refractivity contribution is -0.120. The van der Waals surface area contributed by atoms with Gasteiger partial charge in [-0.15, -0.1) is 0 Å². The number of primary amides is 1. The van der Waals surface area contributed by atoms with Crippen molar-refractivity contribution < 1.29 is 19.1 Å². The van der Waals surface area contributed by atoms with Crippen molar-refractivity contribution in [1.29, 1.82) is 0 Å². The summed E-state index contributed by atoms with van der Waals surface area (Å²) in [5, 5.41) is 3.18. The van der Waals surface area contributed by atoms with Crippen LogP contribution in [0.25, 0.3) is 0 Å². The lowest BCUT2D eigenvalue weighted by Gasteiger charge is -2.25. The van der Waals surface area contributed by atoms with Gasteiger partial charge in [-0.05, 0) is 42.7 Å².